The second-order valence-electron chi connectivity index (χ2n) is 13.1. The van der Waals surface area contributed by atoms with Crippen molar-refractivity contribution in [1.82, 2.24) is 0 Å². The molecule has 0 radical (unpaired) electrons. The smallest absolute Gasteiger partial charge is 0.306 e. The third-order valence-electron chi connectivity index (χ3n) is 8.95. The largest absolute Gasteiger partial charge is 0.459 e. The van der Waals surface area contributed by atoms with E-state index in [1.54, 1.807) is 12.2 Å². The maximum atomic E-state index is 12.7. The van der Waals surface area contributed by atoms with Gasteiger partial charge in [-0.25, -0.2) is 0 Å². The Bertz CT molecular complexity index is 1110. The molecule has 240 valence electrons. The molecule has 2 saturated carbocycles. The monoisotopic (exact) mass is 606 g/mol. The summed E-state index contributed by atoms with van der Waals surface area (Å²) in [6, 6.07) is 0. The predicted molar refractivity (Wildman–Crippen MR) is 152 cm³/mol. The van der Waals surface area contributed by atoms with Crippen molar-refractivity contribution >= 4 is 23.5 Å². The Morgan fingerprint density at radius 2 is 1.16 bits per heavy atom. The van der Waals surface area contributed by atoms with E-state index in [1.807, 2.05) is 32.9 Å². The molecule has 3 aliphatic heterocycles. The van der Waals surface area contributed by atoms with Gasteiger partial charge in [-0.1, -0.05) is 31.2 Å². The number of rotatable bonds is 0. The standard InChI is InChI=1S/C18H26O5.C14H20O6/c1-17(2)22-13-11-18(3)10-12(16(13)23-17)21-15(20)9-7-5-4-6-8-14(18)19;15-9-7-14(19)8-10(13(9)18)20-12(17)6-4-2-1-3-5-11(14)16/h4-5,12-13,16H,6-11H2,1-3H3;1-2,9-10,13,15,18-19H,3-8H2/b5-4+;2-1+/t12-,13-,16+,18+;9-,10-,13-,14+/m11/s1. The van der Waals surface area contributed by atoms with Crippen LogP contribution in [0.15, 0.2) is 24.3 Å². The van der Waals surface area contributed by atoms with Gasteiger partial charge in [0, 0.05) is 43.9 Å². The highest BCUT2D eigenvalue weighted by atomic mass is 16.8. The molecule has 11 heteroatoms. The van der Waals surface area contributed by atoms with Gasteiger partial charge in [0.25, 0.3) is 0 Å². The highest BCUT2D eigenvalue weighted by molar-refractivity contribution is 5.87. The van der Waals surface area contributed by atoms with Crippen LogP contribution in [0.25, 0.3) is 0 Å². The molecule has 3 heterocycles. The minimum atomic E-state index is -1.74. The Morgan fingerprint density at radius 3 is 1.77 bits per heavy atom. The van der Waals surface area contributed by atoms with Crippen LogP contribution < -0.4 is 0 Å². The first kappa shape index (κ1) is 33.5. The zero-order chi connectivity index (χ0) is 31.4. The summed E-state index contributed by atoms with van der Waals surface area (Å²) < 4.78 is 22.7. The molecule has 0 spiro atoms. The summed E-state index contributed by atoms with van der Waals surface area (Å²) in [5.74, 6) is -1.62. The van der Waals surface area contributed by atoms with E-state index in [0.29, 0.717) is 44.9 Å². The summed E-state index contributed by atoms with van der Waals surface area (Å²) in [6.45, 7) is 5.69. The number of ether oxygens (including phenoxy) is 4. The van der Waals surface area contributed by atoms with Crippen LogP contribution in [-0.4, -0.2) is 86.8 Å². The van der Waals surface area contributed by atoms with Gasteiger partial charge in [-0.15, -0.1) is 0 Å². The number of fused-ring (bicyclic) bond motifs is 6. The van der Waals surface area contributed by atoms with Gasteiger partial charge in [0.05, 0.1) is 12.2 Å². The van der Waals surface area contributed by atoms with Crippen LogP contribution in [-0.2, 0) is 38.1 Å². The van der Waals surface area contributed by atoms with Crippen LogP contribution in [0.1, 0.15) is 97.8 Å². The fraction of sp³-hybridized carbons (Fsp3) is 0.750. The van der Waals surface area contributed by atoms with Crippen LogP contribution in [0.4, 0.5) is 0 Å². The number of esters is 2. The average Bonchev–Trinajstić information content (AvgIpc) is 3.23. The lowest BCUT2D eigenvalue weighted by Gasteiger charge is -2.41. The van der Waals surface area contributed by atoms with Crippen molar-refractivity contribution in [3.05, 3.63) is 24.3 Å². The first-order valence-electron chi connectivity index (χ1n) is 15.4. The number of aliphatic hydroxyl groups is 3. The summed E-state index contributed by atoms with van der Waals surface area (Å²) in [5, 5.41) is 30.0. The third kappa shape index (κ3) is 8.39. The average molecular weight is 607 g/mol. The minimum Gasteiger partial charge on any atom is -0.459 e. The number of aliphatic hydroxyl groups excluding tert-OH is 2. The van der Waals surface area contributed by atoms with E-state index in [4.69, 9.17) is 18.9 Å². The van der Waals surface area contributed by atoms with Crippen LogP contribution in [0.3, 0.4) is 0 Å². The fourth-order valence-corrected chi connectivity index (χ4v) is 6.64. The molecule has 0 aromatic heterocycles. The highest BCUT2D eigenvalue weighted by Crippen LogP contribution is 2.47. The molecule has 3 N–H and O–H groups in total. The SMILES string of the molecule is CC1(C)O[C@H]2[C@H]3C[C@@](C)(C[C@H]2O1)C(=O)CC/C=C/CCC(=O)O3.O=C1CC/C=C/CCC(=O)[C@]2(O)C[C@@H](O)[C@@H](O)[C@@H](C2)O1. The Labute approximate surface area is 252 Å². The molecule has 4 bridgehead atoms. The van der Waals surface area contributed by atoms with E-state index in [0.717, 1.165) is 6.42 Å². The zero-order valence-electron chi connectivity index (χ0n) is 25.4. The molecule has 5 aliphatic rings. The predicted octanol–water partition coefficient (Wildman–Crippen LogP) is 2.76. The van der Waals surface area contributed by atoms with E-state index in [9.17, 15) is 34.5 Å². The van der Waals surface area contributed by atoms with Gasteiger partial charge in [-0.3, -0.25) is 19.2 Å². The van der Waals surface area contributed by atoms with Gasteiger partial charge in [0.15, 0.2) is 11.6 Å². The van der Waals surface area contributed by atoms with E-state index >= 15 is 0 Å². The molecule has 1 saturated heterocycles. The Kier molecular flexibility index (Phi) is 10.6. The number of ketones is 2. The number of Topliss-reactive ketones (excluding diaryl/α,β-unsaturated/α-hetero) is 2. The second-order valence-corrected chi connectivity index (χ2v) is 13.1. The van der Waals surface area contributed by atoms with E-state index < -0.39 is 53.0 Å². The fourth-order valence-electron chi connectivity index (χ4n) is 6.64. The first-order chi connectivity index (χ1) is 20.2. The lowest BCUT2D eigenvalue weighted by Crippen LogP contribution is -2.57. The molecule has 2 aliphatic carbocycles. The number of carbonyl (C=O) groups excluding carboxylic acids is 4. The third-order valence-corrected chi connectivity index (χ3v) is 8.95. The normalized spacial score (nSPS) is 41.7. The van der Waals surface area contributed by atoms with E-state index in [-0.39, 0.29) is 49.6 Å². The summed E-state index contributed by atoms with van der Waals surface area (Å²) in [7, 11) is 0. The molecule has 3 fully saturated rings. The molecule has 0 aromatic carbocycles. The topological polar surface area (TPSA) is 166 Å². The minimum absolute atomic E-state index is 0.163. The molecule has 43 heavy (non-hydrogen) atoms. The number of hydrogen-bond acceptors (Lipinski definition) is 11. The van der Waals surface area contributed by atoms with Crippen LogP contribution in [0.2, 0.25) is 0 Å². The summed E-state index contributed by atoms with van der Waals surface area (Å²) in [6.07, 6.45) is 7.33. The lowest BCUT2D eigenvalue weighted by molar-refractivity contribution is -0.189. The maximum absolute atomic E-state index is 12.7. The zero-order valence-corrected chi connectivity index (χ0v) is 25.4. The van der Waals surface area contributed by atoms with Crippen LogP contribution in [0, 0.1) is 5.41 Å². The van der Waals surface area contributed by atoms with Crippen LogP contribution >= 0.6 is 0 Å². The van der Waals surface area contributed by atoms with Crippen molar-refractivity contribution in [3.63, 3.8) is 0 Å². The maximum Gasteiger partial charge on any atom is 0.306 e. The second kappa shape index (κ2) is 13.7. The molecule has 8 atom stereocenters. The number of carbonyl (C=O) groups is 4. The van der Waals surface area contributed by atoms with Gasteiger partial charge in [0.1, 0.15) is 35.8 Å². The summed E-state index contributed by atoms with van der Waals surface area (Å²) in [4.78, 5) is 48.5. The Morgan fingerprint density at radius 1 is 0.651 bits per heavy atom. The Hall–Kier alpha value is -2.44. The number of hydrogen-bond donors (Lipinski definition) is 3. The molecular formula is C32H46O11. The molecule has 11 nitrogen and oxygen atoms in total. The lowest BCUT2D eigenvalue weighted by atomic mass is 9.68. The van der Waals surface area contributed by atoms with Gasteiger partial charge < -0.3 is 34.3 Å². The summed E-state index contributed by atoms with van der Waals surface area (Å²) >= 11 is 0. The molecular weight excluding hydrogens is 560 g/mol. The molecule has 0 amide bonds. The molecule has 0 unspecified atom stereocenters. The Balaban J connectivity index is 0.000000199. The molecule has 0 aromatic rings. The number of allylic oxidation sites excluding steroid dienone is 4. The van der Waals surface area contributed by atoms with Crippen molar-refractivity contribution in [2.24, 2.45) is 5.41 Å². The van der Waals surface area contributed by atoms with Crippen molar-refractivity contribution in [2.75, 3.05) is 0 Å². The van der Waals surface area contributed by atoms with Gasteiger partial charge >= 0.3 is 11.9 Å². The van der Waals surface area contributed by atoms with E-state index in [2.05, 4.69) is 0 Å². The molecule has 5 rings (SSSR count). The summed E-state index contributed by atoms with van der Waals surface area (Å²) in [5.41, 5.74) is -2.26. The first-order valence-corrected chi connectivity index (χ1v) is 15.4. The van der Waals surface area contributed by atoms with Crippen molar-refractivity contribution in [2.45, 2.75) is 146 Å². The quantitative estimate of drug-likeness (QED) is 0.274. The van der Waals surface area contributed by atoms with Crippen LogP contribution in [0.5, 0.6) is 0 Å². The van der Waals surface area contributed by atoms with Gasteiger partial charge in [-0.2, -0.15) is 0 Å². The van der Waals surface area contributed by atoms with Crippen molar-refractivity contribution in [1.29, 1.82) is 0 Å². The van der Waals surface area contributed by atoms with Crippen molar-refractivity contribution in [3.8, 4) is 0 Å². The van der Waals surface area contributed by atoms with E-state index in [1.165, 1.54) is 0 Å². The van der Waals surface area contributed by atoms with Gasteiger partial charge in [-0.05, 0) is 52.4 Å². The van der Waals surface area contributed by atoms with Crippen molar-refractivity contribution < 1.29 is 53.4 Å². The highest BCUT2D eigenvalue weighted by Gasteiger charge is 2.56. The van der Waals surface area contributed by atoms with Gasteiger partial charge in [0.2, 0.25) is 0 Å².